The van der Waals surface area contributed by atoms with Gasteiger partial charge in [-0.15, -0.1) is 11.3 Å². The maximum absolute atomic E-state index is 12.7. The van der Waals surface area contributed by atoms with Crippen molar-refractivity contribution in [1.82, 2.24) is 24.6 Å². The van der Waals surface area contributed by atoms with Crippen LogP contribution in [0.25, 0.3) is 0 Å². The van der Waals surface area contributed by atoms with E-state index in [1.165, 1.54) is 10.6 Å². The van der Waals surface area contributed by atoms with E-state index >= 15 is 0 Å². The molecule has 8 heteroatoms. The second-order valence-corrected chi connectivity index (χ2v) is 7.59. The highest BCUT2D eigenvalue weighted by Gasteiger charge is 2.29. The number of thiazole rings is 1. The lowest BCUT2D eigenvalue weighted by Crippen LogP contribution is -2.44. The van der Waals surface area contributed by atoms with Crippen LogP contribution in [0.2, 0.25) is 0 Å². The number of hydrogen-bond donors (Lipinski definition) is 0. The van der Waals surface area contributed by atoms with Gasteiger partial charge in [0.05, 0.1) is 42.6 Å². The first kappa shape index (κ1) is 16.7. The second-order valence-electron chi connectivity index (χ2n) is 6.65. The highest BCUT2D eigenvalue weighted by molar-refractivity contribution is 7.09. The SMILES string of the molecule is Cc1ncsc1CN1Cc2ccnn2C(CC(=O)N2CCOCC2)C1. The molecule has 4 rings (SSSR count). The fourth-order valence-corrected chi connectivity index (χ4v) is 4.38. The summed E-state index contributed by atoms with van der Waals surface area (Å²) in [4.78, 5) is 22.6. The summed E-state index contributed by atoms with van der Waals surface area (Å²) in [5, 5.41) is 4.47. The molecule has 1 saturated heterocycles. The maximum atomic E-state index is 12.7. The molecule has 0 aliphatic carbocycles. The normalized spacial score (nSPS) is 21.3. The van der Waals surface area contributed by atoms with E-state index in [0.29, 0.717) is 32.7 Å². The number of ether oxygens (including phenoxy) is 1. The lowest BCUT2D eigenvalue weighted by molar-refractivity contribution is -0.136. The third-order valence-corrected chi connectivity index (χ3v) is 5.86. The summed E-state index contributed by atoms with van der Waals surface area (Å²) in [7, 11) is 0. The van der Waals surface area contributed by atoms with Crippen molar-refractivity contribution in [2.75, 3.05) is 32.8 Å². The molecule has 1 fully saturated rings. The summed E-state index contributed by atoms with van der Waals surface area (Å²) in [5.41, 5.74) is 4.18. The zero-order valence-electron chi connectivity index (χ0n) is 14.4. The number of amides is 1. The number of aromatic nitrogens is 3. The number of carbonyl (C=O) groups excluding carboxylic acids is 1. The Bertz CT molecular complexity index is 737. The van der Waals surface area contributed by atoms with Crippen molar-refractivity contribution in [1.29, 1.82) is 0 Å². The third-order valence-electron chi connectivity index (χ3n) is 4.94. The van der Waals surface area contributed by atoms with Gasteiger partial charge in [0.25, 0.3) is 0 Å². The number of morpholine rings is 1. The highest BCUT2D eigenvalue weighted by atomic mass is 32.1. The number of hydrogen-bond acceptors (Lipinski definition) is 6. The average molecular weight is 361 g/mol. The van der Waals surface area contributed by atoms with Crippen molar-refractivity contribution in [3.8, 4) is 0 Å². The summed E-state index contributed by atoms with van der Waals surface area (Å²) >= 11 is 1.70. The van der Waals surface area contributed by atoms with E-state index < -0.39 is 0 Å². The van der Waals surface area contributed by atoms with Crippen LogP contribution < -0.4 is 0 Å². The highest BCUT2D eigenvalue weighted by Crippen LogP contribution is 2.26. The Morgan fingerprint density at radius 2 is 2.24 bits per heavy atom. The molecule has 2 aromatic rings. The first-order valence-corrected chi connectivity index (χ1v) is 9.58. The average Bonchev–Trinajstić information content (AvgIpc) is 3.25. The molecule has 4 heterocycles. The van der Waals surface area contributed by atoms with Crippen LogP contribution in [0.3, 0.4) is 0 Å². The van der Waals surface area contributed by atoms with E-state index in [-0.39, 0.29) is 11.9 Å². The Hall–Kier alpha value is -1.77. The smallest absolute Gasteiger partial charge is 0.224 e. The summed E-state index contributed by atoms with van der Waals surface area (Å²) in [5.74, 6) is 0.200. The molecule has 1 unspecified atom stereocenters. The van der Waals surface area contributed by atoms with Gasteiger partial charge in [-0.2, -0.15) is 5.10 Å². The molecule has 1 atom stereocenters. The Morgan fingerprint density at radius 3 is 3.00 bits per heavy atom. The van der Waals surface area contributed by atoms with Gasteiger partial charge in [0.1, 0.15) is 0 Å². The van der Waals surface area contributed by atoms with Crippen LogP contribution in [0, 0.1) is 6.92 Å². The zero-order valence-corrected chi connectivity index (χ0v) is 15.2. The van der Waals surface area contributed by atoms with Gasteiger partial charge in [-0.25, -0.2) is 4.98 Å². The van der Waals surface area contributed by atoms with Crippen molar-refractivity contribution in [3.05, 3.63) is 34.0 Å². The fourth-order valence-electron chi connectivity index (χ4n) is 3.56. The summed E-state index contributed by atoms with van der Waals surface area (Å²) in [6.07, 6.45) is 2.33. The molecule has 0 bridgehead atoms. The van der Waals surface area contributed by atoms with E-state index in [9.17, 15) is 4.79 Å². The fraction of sp³-hybridized carbons (Fsp3) is 0.588. The van der Waals surface area contributed by atoms with Crippen LogP contribution in [-0.2, 0) is 22.6 Å². The molecule has 0 N–H and O–H groups in total. The van der Waals surface area contributed by atoms with Gasteiger partial charge in [0.15, 0.2) is 0 Å². The Morgan fingerprint density at radius 1 is 1.40 bits per heavy atom. The summed E-state index contributed by atoms with van der Waals surface area (Å²) in [6.45, 7) is 7.30. The maximum Gasteiger partial charge on any atom is 0.224 e. The first-order chi connectivity index (χ1) is 12.2. The molecule has 0 aromatic carbocycles. The molecule has 0 saturated carbocycles. The number of rotatable bonds is 4. The number of aryl methyl sites for hydroxylation is 1. The van der Waals surface area contributed by atoms with E-state index in [1.807, 2.05) is 21.3 Å². The van der Waals surface area contributed by atoms with Crippen molar-refractivity contribution in [2.45, 2.75) is 32.5 Å². The van der Waals surface area contributed by atoms with Gasteiger partial charge in [-0.1, -0.05) is 0 Å². The van der Waals surface area contributed by atoms with E-state index in [1.54, 1.807) is 11.3 Å². The van der Waals surface area contributed by atoms with E-state index in [4.69, 9.17) is 4.74 Å². The molecule has 0 radical (unpaired) electrons. The second kappa shape index (κ2) is 7.23. The molecule has 2 aliphatic heterocycles. The van der Waals surface area contributed by atoms with Crippen molar-refractivity contribution in [2.24, 2.45) is 0 Å². The van der Waals surface area contributed by atoms with Crippen LogP contribution in [-0.4, -0.2) is 63.3 Å². The third kappa shape index (κ3) is 3.61. The van der Waals surface area contributed by atoms with Gasteiger partial charge >= 0.3 is 0 Å². The monoisotopic (exact) mass is 361 g/mol. The lowest BCUT2D eigenvalue weighted by Gasteiger charge is -2.35. The van der Waals surface area contributed by atoms with Gasteiger partial charge in [-0.3, -0.25) is 14.4 Å². The topological polar surface area (TPSA) is 63.5 Å². The van der Waals surface area contributed by atoms with E-state index in [0.717, 1.165) is 25.3 Å². The van der Waals surface area contributed by atoms with Gasteiger partial charge < -0.3 is 9.64 Å². The van der Waals surface area contributed by atoms with Gasteiger partial charge in [0, 0.05) is 43.8 Å². The minimum absolute atomic E-state index is 0.0855. The molecule has 134 valence electrons. The molecular weight excluding hydrogens is 338 g/mol. The quantitative estimate of drug-likeness (QED) is 0.825. The van der Waals surface area contributed by atoms with Crippen LogP contribution in [0.15, 0.2) is 17.8 Å². The largest absolute Gasteiger partial charge is 0.378 e. The van der Waals surface area contributed by atoms with E-state index in [2.05, 4.69) is 28.0 Å². The van der Waals surface area contributed by atoms with Crippen LogP contribution in [0.4, 0.5) is 0 Å². The molecule has 1 amide bonds. The minimum atomic E-state index is 0.0855. The van der Waals surface area contributed by atoms with Crippen molar-refractivity contribution >= 4 is 17.2 Å². The zero-order chi connectivity index (χ0) is 17.2. The van der Waals surface area contributed by atoms with Gasteiger partial charge in [0.2, 0.25) is 5.91 Å². The molecule has 0 spiro atoms. The molecule has 2 aromatic heterocycles. The molecule has 2 aliphatic rings. The predicted octanol–water partition coefficient (Wildman–Crippen LogP) is 1.45. The van der Waals surface area contributed by atoms with Crippen LogP contribution in [0.5, 0.6) is 0 Å². The minimum Gasteiger partial charge on any atom is -0.378 e. The number of carbonyl (C=O) groups is 1. The summed E-state index contributed by atoms with van der Waals surface area (Å²) < 4.78 is 7.38. The van der Waals surface area contributed by atoms with Crippen LogP contribution in [0.1, 0.15) is 28.7 Å². The van der Waals surface area contributed by atoms with Gasteiger partial charge in [-0.05, 0) is 13.0 Å². The molecule has 25 heavy (non-hydrogen) atoms. The summed E-state index contributed by atoms with van der Waals surface area (Å²) in [6, 6.07) is 2.14. The number of nitrogens with zero attached hydrogens (tertiary/aromatic N) is 5. The van der Waals surface area contributed by atoms with Crippen LogP contribution >= 0.6 is 11.3 Å². The first-order valence-electron chi connectivity index (χ1n) is 8.70. The predicted molar refractivity (Wildman–Crippen MR) is 94.2 cm³/mol. The lowest BCUT2D eigenvalue weighted by atomic mass is 10.1. The molecule has 7 nitrogen and oxygen atoms in total. The number of fused-ring (bicyclic) bond motifs is 1. The Kier molecular flexibility index (Phi) is 4.82. The molecular formula is C17H23N5O2S. The van der Waals surface area contributed by atoms with Crippen molar-refractivity contribution < 1.29 is 9.53 Å². The Labute approximate surface area is 151 Å². The van der Waals surface area contributed by atoms with Crippen molar-refractivity contribution in [3.63, 3.8) is 0 Å². The standard InChI is InChI=1S/C17H23N5O2S/c1-13-16(25-12-18-13)11-20-9-14-2-3-19-22(14)15(10-20)8-17(23)21-4-6-24-7-5-21/h2-3,12,15H,4-11H2,1H3. The Balaban J connectivity index is 1.47.